The maximum atomic E-state index is 12.4. The quantitative estimate of drug-likeness (QED) is 0.383. The number of amides is 1. The van der Waals surface area contributed by atoms with E-state index in [1.807, 2.05) is 60.8 Å². The molecule has 2 aromatic carbocycles. The van der Waals surface area contributed by atoms with Gasteiger partial charge in [0.2, 0.25) is 5.91 Å². The molecule has 0 saturated carbocycles. The summed E-state index contributed by atoms with van der Waals surface area (Å²) in [5.74, 6) is -0.797. The second-order valence-electron chi connectivity index (χ2n) is 6.09. The predicted molar refractivity (Wildman–Crippen MR) is 118 cm³/mol. The molecule has 1 heterocycles. The van der Waals surface area contributed by atoms with Crippen molar-refractivity contribution >= 4 is 50.2 Å². The third kappa shape index (κ3) is 4.77. The molecule has 1 N–H and O–H groups in total. The second kappa shape index (κ2) is 8.99. The van der Waals surface area contributed by atoms with Crippen LogP contribution in [-0.4, -0.2) is 19.0 Å². The molecule has 6 heteroatoms. The molecule has 1 amide bonds. The molecule has 0 radical (unpaired) electrons. The number of anilines is 1. The number of esters is 1. The fourth-order valence-corrected chi connectivity index (χ4v) is 3.82. The molecule has 3 aromatic rings. The number of halogens is 1. The second-order valence-corrected chi connectivity index (χ2v) is 7.88. The molecule has 4 nitrogen and oxygen atoms in total. The van der Waals surface area contributed by atoms with E-state index in [1.165, 1.54) is 24.5 Å². The normalized spacial score (nSPS) is 10.8. The zero-order valence-electron chi connectivity index (χ0n) is 15.4. The van der Waals surface area contributed by atoms with Gasteiger partial charge in [-0.05, 0) is 36.3 Å². The lowest BCUT2D eigenvalue weighted by molar-refractivity contribution is -0.111. The lowest BCUT2D eigenvalue weighted by atomic mass is 10.0. The highest BCUT2D eigenvalue weighted by molar-refractivity contribution is 9.10. The van der Waals surface area contributed by atoms with Gasteiger partial charge in [-0.3, -0.25) is 4.79 Å². The summed E-state index contributed by atoms with van der Waals surface area (Å²) in [6, 6.07) is 15.5. The Morgan fingerprint density at radius 2 is 1.75 bits per heavy atom. The smallest absolute Gasteiger partial charge is 0.341 e. The van der Waals surface area contributed by atoms with Crippen molar-refractivity contribution in [3.05, 3.63) is 81.2 Å². The van der Waals surface area contributed by atoms with Crippen molar-refractivity contribution in [2.75, 3.05) is 12.4 Å². The van der Waals surface area contributed by atoms with E-state index < -0.39 is 5.97 Å². The fraction of sp³-hybridized carbons (Fsp3) is 0.0909. The van der Waals surface area contributed by atoms with Crippen LogP contribution >= 0.6 is 27.3 Å². The van der Waals surface area contributed by atoms with Gasteiger partial charge in [0.15, 0.2) is 0 Å². The summed E-state index contributed by atoms with van der Waals surface area (Å²) < 4.78 is 5.91. The summed E-state index contributed by atoms with van der Waals surface area (Å²) in [5.41, 5.74) is 4.03. The van der Waals surface area contributed by atoms with Crippen LogP contribution < -0.4 is 5.32 Å². The van der Waals surface area contributed by atoms with Crippen LogP contribution in [0.2, 0.25) is 0 Å². The van der Waals surface area contributed by atoms with Gasteiger partial charge in [-0.25, -0.2) is 4.79 Å². The molecular formula is C22H18BrNO3S. The highest BCUT2D eigenvalue weighted by Gasteiger charge is 2.21. The number of hydrogen-bond donors (Lipinski definition) is 1. The molecule has 0 aliphatic heterocycles. The van der Waals surface area contributed by atoms with Gasteiger partial charge in [0.25, 0.3) is 0 Å². The fourth-order valence-electron chi connectivity index (χ4n) is 2.60. The van der Waals surface area contributed by atoms with Gasteiger partial charge < -0.3 is 10.1 Å². The Kier molecular flexibility index (Phi) is 6.44. The Bertz CT molecular complexity index is 1020. The molecule has 0 bridgehead atoms. The maximum Gasteiger partial charge on any atom is 0.341 e. The number of ether oxygens (including phenoxy) is 1. The van der Waals surface area contributed by atoms with Gasteiger partial charge in [0.1, 0.15) is 10.6 Å². The van der Waals surface area contributed by atoms with Crippen LogP contribution in [0.15, 0.2) is 64.5 Å². The Morgan fingerprint density at radius 1 is 1.07 bits per heavy atom. The van der Waals surface area contributed by atoms with Crippen molar-refractivity contribution in [1.29, 1.82) is 0 Å². The van der Waals surface area contributed by atoms with E-state index in [1.54, 1.807) is 6.08 Å². The van der Waals surface area contributed by atoms with E-state index in [9.17, 15) is 9.59 Å². The van der Waals surface area contributed by atoms with Crippen LogP contribution in [0.5, 0.6) is 0 Å². The Labute approximate surface area is 176 Å². The van der Waals surface area contributed by atoms with E-state index in [-0.39, 0.29) is 5.91 Å². The predicted octanol–water partition coefficient (Wildman–Crippen LogP) is 5.92. The number of methoxy groups -OCH3 is 1. The minimum absolute atomic E-state index is 0.314. The number of aryl methyl sites for hydroxylation is 1. The summed E-state index contributed by atoms with van der Waals surface area (Å²) >= 11 is 4.68. The van der Waals surface area contributed by atoms with Gasteiger partial charge >= 0.3 is 5.97 Å². The highest BCUT2D eigenvalue weighted by Crippen LogP contribution is 2.36. The van der Waals surface area contributed by atoms with Crippen molar-refractivity contribution in [3.8, 4) is 11.1 Å². The van der Waals surface area contributed by atoms with E-state index in [4.69, 9.17) is 4.74 Å². The maximum absolute atomic E-state index is 12.4. The van der Waals surface area contributed by atoms with Crippen LogP contribution in [0.4, 0.5) is 5.00 Å². The van der Waals surface area contributed by atoms with Crippen molar-refractivity contribution in [2.45, 2.75) is 6.92 Å². The van der Waals surface area contributed by atoms with Gasteiger partial charge in [-0.2, -0.15) is 0 Å². The molecule has 3 rings (SSSR count). The molecule has 28 heavy (non-hydrogen) atoms. The van der Waals surface area contributed by atoms with Crippen molar-refractivity contribution in [1.82, 2.24) is 0 Å². The van der Waals surface area contributed by atoms with Crippen LogP contribution in [0.25, 0.3) is 17.2 Å². The molecule has 1 aromatic heterocycles. The van der Waals surface area contributed by atoms with E-state index in [2.05, 4.69) is 21.2 Å². The summed E-state index contributed by atoms with van der Waals surface area (Å²) in [4.78, 5) is 24.7. The molecular weight excluding hydrogens is 438 g/mol. The first-order chi connectivity index (χ1) is 13.5. The zero-order chi connectivity index (χ0) is 20.1. The van der Waals surface area contributed by atoms with Gasteiger partial charge in [0, 0.05) is 21.5 Å². The molecule has 0 aliphatic rings. The van der Waals surface area contributed by atoms with Crippen molar-refractivity contribution in [3.63, 3.8) is 0 Å². The molecule has 0 unspecified atom stereocenters. The van der Waals surface area contributed by atoms with E-state index in [0.717, 1.165) is 26.7 Å². The largest absolute Gasteiger partial charge is 0.465 e. The van der Waals surface area contributed by atoms with Gasteiger partial charge in [0.05, 0.1) is 7.11 Å². The number of hydrogen-bond acceptors (Lipinski definition) is 4. The lowest BCUT2D eigenvalue weighted by Gasteiger charge is -2.07. The summed E-state index contributed by atoms with van der Waals surface area (Å²) in [7, 11) is 1.33. The van der Waals surface area contributed by atoms with Crippen LogP contribution in [0.1, 0.15) is 21.5 Å². The van der Waals surface area contributed by atoms with Crippen LogP contribution in [0, 0.1) is 6.92 Å². The number of benzene rings is 2. The topological polar surface area (TPSA) is 55.4 Å². The standard InChI is InChI=1S/C22H18BrNO3S/c1-14-3-8-16(9-4-14)18-13-28-21(20(18)22(26)27-2)24-19(25)12-7-15-5-10-17(23)11-6-15/h3-13H,1-2H3,(H,24,25). The molecule has 0 saturated heterocycles. The average molecular weight is 456 g/mol. The van der Waals surface area contributed by atoms with Gasteiger partial charge in [-0.15, -0.1) is 11.3 Å². The van der Waals surface area contributed by atoms with Crippen LogP contribution in [0.3, 0.4) is 0 Å². The minimum atomic E-state index is -0.482. The summed E-state index contributed by atoms with van der Waals surface area (Å²) in [6.45, 7) is 2.00. The summed E-state index contributed by atoms with van der Waals surface area (Å²) in [5, 5.41) is 5.11. The Hall–Kier alpha value is -2.70. The molecule has 0 atom stereocenters. The van der Waals surface area contributed by atoms with E-state index in [0.29, 0.717) is 10.6 Å². The Balaban J connectivity index is 1.85. The number of rotatable bonds is 5. The number of carbonyl (C=O) groups excluding carboxylic acids is 2. The highest BCUT2D eigenvalue weighted by atomic mass is 79.9. The number of nitrogens with one attached hydrogen (secondary N) is 1. The first kappa shape index (κ1) is 20.0. The third-order valence-electron chi connectivity index (χ3n) is 4.08. The lowest BCUT2D eigenvalue weighted by Crippen LogP contribution is -2.11. The molecule has 0 fully saturated rings. The average Bonchev–Trinajstić information content (AvgIpc) is 3.11. The molecule has 0 spiro atoms. The zero-order valence-corrected chi connectivity index (χ0v) is 17.8. The number of thiophene rings is 1. The van der Waals surface area contributed by atoms with Crippen LogP contribution in [-0.2, 0) is 9.53 Å². The Morgan fingerprint density at radius 3 is 2.39 bits per heavy atom. The minimum Gasteiger partial charge on any atom is -0.465 e. The molecule has 142 valence electrons. The van der Waals surface area contributed by atoms with Gasteiger partial charge in [-0.1, -0.05) is 57.9 Å². The van der Waals surface area contributed by atoms with E-state index >= 15 is 0 Å². The first-order valence-electron chi connectivity index (χ1n) is 8.49. The summed E-state index contributed by atoms with van der Waals surface area (Å²) in [6.07, 6.45) is 3.16. The van der Waals surface area contributed by atoms with Crippen molar-refractivity contribution in [2.24, 2.45) is 0 Å². The molecule has 0 aliphatic carbocycles. The number of carbonyl (C=O) groups is 2. The SMILES string of the molecule is COC(=O)c1c(-c2ccc(C)cc2)csc1NC(=O)C=Cc1ccc(Br)cc1. The van der Waals surface area contributed by atoms with Crippen molar-refractivity contribution < 1.29 is 14.3 Å². The monoisotopic (exact) mass is 455 g/mol. The first-order valence-corrected chi connectivity index (χ1v) is 10.2. The third-order valence-corrected chi connectivity index (χ3v) is 5.50.